The third-order valence-corrected chi connectivity index (χ3v) is 3.34. The maximum atomic E-state index is 5.66. The molecule has 1 aliphatic heterocycles. The van der Waals surface area contributed by atoms with Crippen LogP contribution in [0.1, 0.15) is 53.4 Å². The summed E-state index contributed by atoms with van der Waals surface area (Å²) in [6.45, 7) is 14.5. The van der Waals surface area contributed by atoms with Gasteiger partial charge in [-0.05, 0) is 60.0 Å². The van der Waals surface area contributed by atoms with E-state index in [9.17, 15) is 0 Å². The van der Waals surface area contributed by atoms with Crippen molar-refractivity contribution in [2.45, 2.75) is 65.0 Å². The molecule has 0 bridgehead atoms. The Bertz CT molecular complexity index is 213. The van der Waals surface area contributed by atoms with Gasteiger partial charge in [-0.2, -0.15) is 0 Å². The first-order valence-electron chi connectivity index (χ1n) is 7.56. The van der Waals surface area contributed by atoms with Gasteiger partial charge in [0.05, 0.1) is 6.10 Å². The van der Waals surface area contributed by atoms with Gasteiger partial charge in [0.2, 0.25) is 0 Å². The molecule has 1 fully saturated rings. The van der Waals surface area contributed by atoms with E-state index in [0.717, 1.165) is 19.7 Å². The van der Waals surface area contributed by atoms with E-state index in [4.69, 9.17) is 4.74 Å². The highest BCUT2D eigenvalue weighted by Gasteiger charge is 2.14. The zero-order chi connectivity index (χ0) is 13.4. The fraction of sp³-hybridized carbons (Fsp3) is 1.00. The maximum Gasteiger partial charge on any atom is 0.0673 e. The van der Waals surface area contributed by atoms with E-state index < -0.39 is 0 Å². The molecule has 0 aromatic carbocycles. The molecule has 1 aliphatic rings. The molecule has 0 amide bonds. The molecule has 1 rings (SSSR count). The monoisotopic (exact) mass is 256 g/mol. The Morgan fingerprint density at radius 2 is 2.00 bits per heavy atom. The van der Waals surface area contributed by atoms with Crippen LogP contribution in [-0.2, 0) is 4.74 Å². The van der Waals surface area contributed by atoms with Crippen LogP contribution >= 0.6 is 0 Å². The third-order valence-electron chi connectivity index (χ3n) is 3.34. The highest BCUT2D eigenvalue weighted by molar-refractivity contribution is 4.70. The summed E-state index contributed by atoms with van der Waals surface area (Å²) < 4.78 is 5.66. The van der Waals surface area contributed by atoms with Crippen molar-refractivity contribution in [1.82, 2.24) is 10.2 Å². The van der Waals surface area contributed by atoms with E-state index in [1.807, 2.05) is 0 Å². The maximum absolute atomic E-state index is 5.66. The van der Waals surface area contributed by atoms with Gasteiger partial charge in [0.15, 0.2) is 0 Å². The average Bonchev–Trinajstić information content (AvgIpc) is 2.46. The lowest BCUT2D eigenvalue weighted by atomic mass is 10.1. The molecule has 0 saturated carbocycles. The first-order valence-corrected chi connectivity index (χ1v) is 7.56. The molecule has 108 valence electrons. The van der Waals surface area contributed by atoms with Gasteiger partial charge >= 0.3 is 0 Å². The van der Waals surface area contributed by atoms with E-state index in [1.165, 1.54) is 38.8 Å². The smallest absolute Gasteiger partial charge is 0.0673 e. The summed E-state index contributed by atoms with van der Waals surface area (Å²) in [5.74, 6) is 0. The van der Waals surface area contributed by atoms with Crippen molar-refractivity contribution in [2.24, 2.45) is 0 Å². The lowest BCUT2D eigenvalue weighted by Crippen LogP contribution is -2.36. The second-order valence-electron chi connectivity index (χ2n) is 6.57. The van der Waals surface area contributed by atoms with Crippen molar-refractivity contribution in [3.05, 3.63) is 0 Å². The lowest BCUT2D eigenvalue weighted by molar-refractivity contribution is 0.0675. The highest BCUT2D eigenvalue weighted by atomic mass is 16.5. The van der Waals surface area contributed by atoms with Gasteiger partial charge in [0.1, 0.15) is 0 Å². The van der Waals surface area contributed by atoms with Crippen LogP contribution in [0.2, 0.25) is 0 Å². The largest absolute Gasteiger partial charge is 0.377 e. The van der Waals surface area contributed by atoms with Crippen molar-refractivity contribution in [3.8, 4) is 0 Å². The fourth-order valence-corrected chi connectivity index (χ4v) is 2.38. The normalized spacial score (nSPS) is 23.0. The van der Waals surface area contributed by atoms with Crippen LogP contribution in [-0.4, -0.2) is 49.3 Å². The predicted molar refractivity (Wildman–Crippen MR) is 78.1 cm³/mol. The Hall–Kier alpha value is -0.120. The molecule has 1 heterocycles. The molecule has 0 radical (unpaired) electrons. The van der Waals surface area contributed by atoms with E-state index in [2.05, 4.69) is 37.9 Å². The minimum Gasteiger partial charge on any atom is -0.377 e. The number of ether oxygens (including phenoxy) is 1. The molecule has 0 aliphatic carbocycles. The Labute approximate surface area is 113 Å². The van der Waals surface area contributed by atoms with Gasteiger partial charge in [0, 0.05) is 25.2 Å². The number of hydrogen-bond donors (Lipinski definition) is 1. The Balaban J connectivity index is 2.00. The van der Waals surface area contributed by atoms with E-state index in [-0.39, 0.29) is 5.54 Å². The van der Waals surface area contributed by atoms with Crippen LogP contribution in [0.15, 0.2) is 0 Å². The zero-order valence-corrected chi connectivity index (χ0v) is 12.8. The molecule has 1 unspecified atom stereocenters. The summed E-state index contributed by atoms with van der Waals surface area (Å²) in [5.41, 5.74) is 0.261. The Kier molecular flexibility index (Phi) is 7.20. The van der Waals surface area contributed by atoms with Crippen molar-refractivity contribution in [1.29, 1.82) is 0 Å². The summed E-state index contributed by atoms with van der Waals surface area (Å²) in [5, 5.41) is 3.54. The Morgan fingerprint density at radius 3 is 2.72 bits per heavy atom. The molecular weight excluding hydrogens is 224 g/mol. The second kappa shape index (κ2) is 8.13. The van der Waals surface area contributed by atoms with Crippen molar-refractivity contribution < 1.29 is 4.74 Å². The van der Waals surface area contributed by atoms with Gasteiger partial charge in [-0.15, -0.1) is 0 Å². The summed E-state index contributed by atoms with van der Waals surface area (Å²) in [6, 6.07) is 0. The summed E-state index contributed by atoms with van der Waals surface area (Å²) in [4.78, 5) is 2.56. The first kappa shape index (κ1) is 15.9. The van der Waals surface area contributed by atoms with E-state index in [1.54, 1.807) is 0 Å². The van der Waals surface area contributed by atoms with E-state index >= 15 is 0 Å². The quantitative estimate of drug-likeness (QED) is 0.740. The highest BCUT2D eigenvalue weighted by Crippen LogP contribution is 2.07. The van der Waals surface area contributed by atoms with E-state index in [0.29, 0.717) is 6.10 Å². The minimum atomic E-state index is 0.261. The van der Waals surface area contributed by atoms with Gasteiger partial charge in [0.25, 0.3) is 0 Å². The van der Waals surface area contributed by atoms with Crippen LogP contribution in [0, 0.1) is 0 Å². The molecule has 1 N–H and O–H groups in total. The summed E-state index contributed by atoms with van der Waals surface area (Å²) >= 11 is 0. The SMILES string of the molecule is CC1CN(CCCCCNC(C)(C)C)CCCO1. The molecule has 3 nitrogen and oxygen atoms in total. The van der Waals surface area contributed by atoms with Crippen molar-refractivity contribution >= 4 is 0 Å². The van der Waals surface area contributed by atoms with Crippen LogP contribution < -0.4 is 5.32 Å². The van der Waals surface area contributed by atoms with Crippen molar-refractivity contribution in [3.63, 3.8) is 0 Å². The molecule has 0 aromatic heterocycles. The van der Waals surface area contributed by atoms with Crippen LogP contribution in [0.25, 0.3) is 0 Å². The van der Waals surface area contributed by atoms with Gasteiger partial charge < -0.3 is 15.0 Å². The predicted octanol–water partition coefficient (Wildman–Crippen LogP) is 2.66. The first-order chi connectivity index (χ1) is 8.47. The minimum absolute atomic E-state index is 0.261. The van der Waals surface area contributed by atoms with Gasteiger partial charge in [-0.3, -0.25) is 0 Å². The molecular formula is C15H32N2O. The lowest BCUT2D eigenvalue weighted by Gasteiger charge is -2.22. The number of hydrogen-bond acceptors (Lipinski definition) is 3. The Morgan fingerprint density at radius 1 is 1.22 bits per heavy atom. The molecule has 1 atom stereocenters. The van der Waals surface area contributed by atoms with Crippen LogP contribution in [0.5, 0.6) is 0 Å². The van der Waals surface area contributed by atoms with Crippen LogP contribution in [0.3, 0.4) is 0 Å². The molecule has 3 heteroatoms. The number of nitrogens with zero attached hydrogens (tertiary/aromatic N) is 1. The second-order valence-corrected chi connectivity index (χ2v) is 6.57. The third kappa shape index (κ3) is 8.06. The average molecular weight is 256 g/mol. The molecule has 0 spiro atoms. The van der Waals surface area contributed by atoms with Crippen LogP contribution in [0.4, 0.5) is 0 Å². The number of unbranched alkanes of at least 4 members (excludes halogenated alkanes) is 2. The zero-order valence-electron chi connectivity index (χ0n) is 12.8. The molecule has 1 saturated heterocycles. The van der Waals surface area contributed by atoms with Gasteiger partial charge in [-0.1, -0.05) is 6.42 Å². The summed E-state index contributed by atoms with van der Waals surface area (Å²) in [6.07, 6.45) is 5.54. The molecule has 0 aromatic rings. The number of rotatable bonds is 6. The molecule has 18 heavy (non-hydrogen) atoms. The topological polar surface area (TPSA) is 24.5 Å². The standard InChI is InChI=1S/C15H32N2O/c1-14-13-17(11-8-12-18-14)10-7-5-6-9-16-15(2,3)4/h14,16H,5-13H2,1-4H3. The fourth-order valence-electron chi connectivity index (χ4n) is 2.38. The summed E-state index contributed by atoms with van der Waals surface area (Å²) in [7, 11) is 0. The van der Waals surface area contributed by atoms with Crippen molar-refractivity contribution in [2.75, 3.05) is 32.8 Å². The van der Waals surface area contributed by atoms with Gasteiger partial charge in [-0.25, -0.2) is 0 Å². The number of nitrogens with one attached hydrogen (secondary N) is 1.